The zero-order valence-corrected chi connectivity index (χ0v) is 72.1. The summed E-state index contributed by atoms with van der Waals surface area (Å²) in [5.74, 6) is 8.87. The van der Waals surface area contributed by atoms with E-state index in [1.165, 1.54) is 141 Å². The molecule has 25 nitrogen and oxygen atoms in total. The molecule has 110 heavy (non-hydrogen) atoms. The van der Waals surface area contributed by atoms with Crippen LogP contribution in [0.1, 0.15) is 401 Å². The van der Waals surface area contributed by atoms with E-state index in [4.69, 9.17) is 58.1 Å². The molecule has 0 aromatic rings. The molecule has 0 saturated carbocycles. The first-order valence-corrected chi connectivity index (χ1v) is 47.1. The molecule has 0 aliphatic rings. The fraction of sp³-hybridized carbons (Fsp3) is 0.916. The number of nitrogens with two attached hydrogens (primary N) is 2. The molecule has 0 saturated heterocycles. The van der Waals surface area contributed by atoms with Crippen LogP contribution in [0.3, 0.4) is 0 Å². The van der Waals surface area contributed by atoms with Crippen LogP contribution in [0.15, 0.2) is 0 Å². The molecule has 4 amide bonds. The monoisotopic (exact) mass is 1610 g/mol. The SMILES string of the molecule is CCCCCCCCCCCC(=O)CC(=O)NC(COCCC(CCCCCCC)OC(=O)CCCCCCCCCCC)COP(=O)(ON)OCCNC(=O)NCCOP(=O)(ON)OCC(COCCC(CCCCCCC)OC(=O)CCCCCCCCCCC)NC(=O)CC(=O)CCCCCCCCCCC. The van der Waals surface area contributed by atoms with Crippen molar-refractivity contribution in [2.24, 2.45) is 11.8 Å². The summed E-state index contributed by atoms with van der Waals surface area (Å²) in [6, 6.07) is -2.65. The molecular weight excluding hydrogens is 1450 g/mol. The molecule has 27 heteroatoms. The average molecular weight is 1610 g/mol. The summed E-state index contributed by atoms with van der Waals surface area (Å²) in [7, 11) is -9.06. The highest BCUT2D eigenvalue weighted by atomic mass is 31.2. The summed E-state index contributed by atoms with van der Waals surface area (Å²) >= 11 is 0. The number of hydrogen-bond acceptors (Lipinski definition) is 21. The second kappa shape index (κ2) is 78.1. The number of Topliss-reactive ketones (excluding diaryl/α,β-unsaturated/α-hetero) is 2. The molecule has 0 aromatic heterocycles. The Balaban J connectivity index is 5.83. The number of esters is 2. The summed E-state index contributed by atoms with van der Waals surface area (Å²) in [6.45, 7) is 10.9. The first kappa shape index (κ1) is 107. The smallest absolute Gasteiger partial charge is 0.462 e. The van der Waals surface area contributed by atoms with Gasteiger partial charge in [0.05, 0.1) is 77.8 Å². The summed E-state index contributed by atoms with van der Waals surface area (Å²) in [6.07, 6.45) is 52.5. The van der Waals surface area contributed by atoms with Crippen molar-refractivity contribution in [1.82, 2.24) is 21.3 Å². The molecule has 0 spiro atoms. The number of amides is 4. The number of urea groups is 1. The molecule has 648 valence electrons. The van der Waals surface area contributed by atoms with Gasteiger partial charge < -0.3 is 40.2 Å². The van der Waals surface area contributed by atoms with Crippen molar-refractivity contribution in [3.63, 3.8) is 0 Å². The van der Waals surface area contributed by atoms with Gasteiger partial charge in [0, 0.05) is 51.6 Å². The number of phosphoric acid groups is 2. The number of unbranched alkanes of at least 4 members (excludes halogenated alkanes) is 40. The molecule has 0 heterocycles. The molecule has 0 aromatic carbocycles. The van der Waals surface area contributed by atoms with Gasteiger partial charge >= 0.3 is 33.6 Å². The molecule has 0 fully saturated rings. The predicted molar refractivity (Wildman–Crippen MR) is 439 cm³/mol. The van der Waals surface area contributed by atoms with E-state index in [0.717, 1.165) is 141 Å². The van der Waals surface area contributed by atoms with Gasteiger partial charge in [-0.15, -0.1) is 0 Å². The zero-order valence-electron chi connectivity index (χ0n) is 70.3. The normalized spacial score (nSPS) is 13.7. The Kier molecular flexibility index (Phi) is 75.6. The number of carbonyl (C=O) groups excluding carboxylic acids is 7. The van der Waals surface area contributed by atoms with Gasteiger partial charge in [-0.1, -0.05) is 298 Å². The standard InChI is InChI=1S/C83H162N6O19P2/c1-7-13-19-25-29-33-37-43-47-53-75(90)67-79(92)88-73(69-99-63-59-77(55-49-41-23-17-11-5)105-81(94)57-51-45-39-35-31-27-21-15-9-3)71-103-109(97,107-84)101-65-61-86-83(96)87-62-66-102-110(98,108-85)104-72-74(89-80(93)68-76(91)54-48-44-38-34-30-26-20-14-8-2)70-100-64-60-78(56-50-42-24-18-12-6)106-82(95)58-52-46-40-36-32-28-22-16-10-4/h73-74,77-78H,7-72,84-85H2,1-6H3,(H,88,92)(H,89,93)(H2,86,87,96). The molecule has 0 radical (unpaired) electrons. The Labute approximate surface area is 667 Å². The van der Waals surface area contributed by atoms with Crippen LogP contribution in [0.4, 0.5) is 4.79 Å². The Morgan fingerprint density at radius 2 is 0.573 bits per heavy atom. The van der Waals surface area contributed by atoms with Crippen LogP contribution in [0.25, 0.3) is 0 Å². The Morgan fingerprint density at radius 1 is 0.309 bits per heavy atom. The van der Waals surface area contributed by atoms with Gasteiger partial charge in [-0.2, -0.15) is 0 Å². The van der Waals surface area contributed by atoms with Gasteiger partial charge in [-0.3, -0.25) is 46.9 Å². The first-order valence-electron chi connectivity index (χ1n) is 44.2. The van der Waals surface area contributed by atoms with E-state index in [2.05, 4.69) is 62.8 Å². The summed E-state index contributed by atoms with van der Waals surface area (Å²) in [4.78, 5) is 91.7. The Hall–Kier alpha value is -3.45. The lowest BCUT2D eigenvalue weighted by molar-refractivity contribution is -0.151. The second-order valence-electron chi connectivity index (χ2n) is 30.2. The molecule has 0 rings (SSSR count). The molecule has 6 atom stereocenters. The van der Waals surface area contributed by atoms with E-state index < -0.39 is 72.0 Å². The van der Waals surface area contributed by atoms with E-state index in [0.29, 0.717) is 51.4 Å². The van der Waals surface area contributed by atoms with Gasteiger partial charge in [0.1, 0.15) is 23.8 Å². The zero-order chi connectivity index (χ0) is 80.9. The van der Waals surface area contributed by atoms with Crippen molar-refractivity contribution in [3.05, 3.63) is 0 Å². The Bertz CT molecular complexity index is 2160. The van der Waals surface area contributed by atoms with E-state index in [9.17, 15) is 42.7 Å². The molecular formula is C83H162N6O19P2. The molecule has 0 aliphatic heterocycles. The Morgan fingerprint density at radius 3 is 0.855 bits per heavy atom. The lowest BCUT2D eigenvalue weighted by Gasteiger charge is -2.23. The van der Waals surface area contributed by atoms with Gasteiger partial charge in [-0.05, 0) is 51.4 Å². The van der Waals surface area contributed by atoms with Crippen LogP contribution >= 0.6 is 15.6 Å². The third-order valence-electron chi connectivity index (χ3n) is 19.6. The van der Waals surface area contributed by atoms with Crippen LogP contribution in [0.2, 0.25) is 0 Å². The second-order valence-corrected chi connectivity index (χ2v) is 33.4. The molecule has 0 bridgehead atoms. The molecule has 8 N–H and O–H groups in total. The fourth-order valence-electron chi connectivity index (χ4n) is 12.9. The van der Waals surface area contributed by atoms with E-state index >= 15 is 0 Å². The van der Waals surface area contributed by atoms with Crippen LogP contribution in [-0.4, -0.2) is 132 Å². The van der Waals surface area contributed by atoms with E-state index in [1.807, 2.05) is 0 Å². The van der Waals surface area contributed by atoms with Crippen LogP contribution in [0, 0.1) is 0 Å². The minimum Gasteiger partial charge on any atom is -0.462 e. The van der Waals surface area contributed by atoms with Crippen LogP contribution in [-0.2, 0) is 84.2 Å². The van der Waals surface area contributed by atoms with Gasteiger partial charge in [0.25, 0.3) is 0 Å². The van der Waals surface area contributed by atoms with Crippen molar-refractivity contribution < 1.29 is 89.0 Å². The van der Waals surface area contributed by atoms with E-state index in [1.54, 1.807) is 0 Å². The third kappa shape index (κ3) is 70.0. The highest BCUT2D eigenvalue weighted by Gasteiger charge is 2.31. The van der Waals surface area contributed by atoms with E-state index in [-0.39, 0.29) is 101 Å². The largest absolute Gasteiger partial charge is 0.491 e. The molecule has 6 unspecified atom stereocenters. The number of ether oxygens (including phenoxy) is 4. The molecule has 0 aliphatic carbocycles. The third-order valence-corrected chi connectivity index (χ3v) is 22.0. The van der Waals surface area contributed by atoms with Crippen molar-refractivity contribution in [2.75, 3.05) is 65.9 Å². The predicted octanol–water partition coefficient (Wildman–Crippen LogP) is 20.3. The lowest BCUT2D eigenvalue weighted by Crippen LogP contribution is -2.42. The minimum atomic E-state index is -4.53. The van der Waals surface area contributed by atoms with Crippen molar-refractivity contribution >= 4 is 57.0 Å². The number of carbonyl (C=O) groups is 7. The average Bonchev–Trinajstić information content (AvgIpc) is 0.897. The summed E-state index contributed by atoms with van der Waals surface area (Å²) < 4.78 is 82.8. The number of rotatable bonds is 86. The van der Waals surface area contributed by atoms with Gasteiger partial charge in [0.2, 0.25) is 11.8 Å². The van der Waals surface area contributed by atoms with Crippen molar-refractivity contribution in [1.29, 1.82) is 0 Å². The van der Waals surface area contributed by atoms with Crippen molar-refractivity contribution in [3.8, 4) is 0 Å². The minimum absolute atomic E-state index is 0.138. The van der Waals surface area contributed by atoms with Gasteiger partial charge in [-0.25, -0.2) is 35.0 Å². The van der Waals surface area contributed by atoms with Crippen LogP contribution < -0.4 is 33.1 Å². The fourth-order valence-corrected chi connectivity index (χ4v) is 14.6. The topological polar surface area (TPSA) is 346 Å². The van der Waals surface area contributed by atoms with Gasteiger partial charge in [0.15, 0.2) is 0 Å². The lowest BCUT2D eigenvalue weighted by atomic mass is 10.0. The number of nitrogens with one attached hydrogen (secondary N) is 4. The van der Waals surface area contributed by atoms with Crippen LogP contribution in [0.5, 0.6) is 0 Å². The quantitative estimate of drug-likeness (QED) is 0.0108. The van der Waals surface area contributed by atoms with Crippen molar-refractivity contribution in [2.45, 2.75) is 425 Å². The highest BCUT2D eigenvalue weighted by molar-refractivity contribution is 7.48. The summed E-state index contributed by atoms with van der Waals surface area (Å²) in [5.41, 5.74) is 0. The number of ketones is 2. The number of phosphoric ester groups is 2. The maximum atomic E-state index is 13.7. The maximum absolute atomic E-state index is 13.7. The summed E-state index contributed by atoms with van der Waals surface area (Å²) in [5, 5.41) is 10.6. The maximum Gasteiger partial charge on any atom is 0.491 e. The number of hydrogen-bond donors (Lipinski definition) is 6. The highest BCUT2D eigenvalue weighted by Crippen LogP contribution is 2.48. The first-order chi connectivity index (χ1) is 53.4.